The predicted molar refractivity (Wildman–Crippen MR) is 81.3 cm³/mol. The molecule has 0 aromatic heterocycles. The van der Waals surface area contributed by atoms with Gasteiger partial charge in [-0.05, 0) is 38.8 Å². The first-order chi connectivity index (χ1) is 9.42. The third-order valence-corrected chi connectivity index (χ3v) is 2.85. The Morgan fingerprint density at radius 2 is 1.95 bits per heavy atom. The molecule has 0 aliphatic heterocycles. The summed E-state index contributed by atoms with van der Waals surface area (Å²) in [7, 11) is 1.69. The molecule has 0 heterocycles. The van der Waals surface area contributed by atoms with Gasteiger partial charge in [-0.3, -0.25) is 0 Å². The molecule has 2 N–H and O–H groups in total. The lowest BCUT2D eigenvalue weighted by molar-refractivity contribution is 0.0992. The molecular weight excluding hydrogens is 254 g/mol. The zero-order chi connectivity index (χ0) is 15.0. The molecule has 0 aliphatic rings. The van der Waals surface area contributed by atoms with Crippen LogP contribution in [0, 0.1) is 0 Å². The maximum atomic E-state index is 9.93. The first kappa shape index (κ1) is 17.0. The van der Waals surface area contributed by atoms with Gasteiger partial charge in [0.25, 0.3) is 0 Å². The molecule has 0 bridgehead atoms. The van der Waals surface area contributed by atoms with Crippen LogP contribution in [0.1, 0.15) is 26.3 Å². The summed E-state index contributed by atoms with van der Waals surface area (Å²) in [5.41, 5.74) is 1.10. The van der Waals surface area contributed by atoms with E-state index in [4.69, 9.17) is 9.47 Å². The van der Waals surface area contributed by atoms with Crippen molar-refractivity contribution in [1.29, 1.82) is 0 Å². The van der Waals surface area contributed by atoms with Crippen molar-refractivity contribution in [3.63, 3.8) is 0 Å². The Balaban J connectivity index is 2.44. The van der Waals surface area contributed by atoms with E-state index in [0.29, 0.717) is 13.2 Å². The van der Waals surface area contributed by atoms with Gasteiger partial charge in [0, 0.05) is 19.2 Å². The number of benzene rings is 1. The zero-order valence-corrected chi connectivity index (χ0v) is 13.0. The minimum Gasteiger partial charge on any atom is -0.491 e. The zero-order valence-electron chi connectivity index (χ0n) is 13.0. The van der Waals surface area contributed by atoms with Gasteiger partial charge in [-0.2, -0.15) is 0 Å². The number of hydrogen-bond donors (Lipinski definition) is 2. The normalized spacial score (nSPS) is 13.2. The number of rotatable bonds is 8. The van der Waals surface area contributed by atoms with Gasteiger partial charge in [0.2, 0.25) is 0 Å². The maximum Gasteiger partial charge on any atom is 0.122 e. The SMILES string of the molecule is COCCc1ccccc1OCC(O)CNC(C)(C)C. The highest BCUT2D eigenvalue weighted by atomic mass is 16.5. The van der Waals surface area contributed by atoms with Crippen LogP contribution in [-0.4, -0.2) is 43.6 Å². The molecule has 4 heteroatoms. The van der Waals surface area contributed by atoms with E-state index in [1.54, 1.807) is 7.11 Å². The highest BCUT2D eigenvalue weighted by Gasteiger charge is 2.13. The molecule has 1 rings (SSSR count). The lowest BCUT2D eigenvalue weighted by Crippen LogP contribution is -2.42. The van der Waals surface area contributed by atoms with E-state index in [9.17, 15) is 5.11 Å². The van der Waals surface area contributed by atoms with Crippen LogP contribution in [0.5, 0.6) is 5.75 Å². The first-order valence-corrected chi connectivity index (χ1v) is 7.05. The molecule has 0 spiro atoms. The molecule has 0 radical (unpaired) electrons. The number of ether oxygens (including phenoxy) is 2. The Labute approximate surface area is 122 Å². The lowest BCUT2D eigenvalue weighted by Gasteiger charge is -2.23. The van der Waals surface area contributed by atoms with Gasteiger partial charge in [0.1, 0.15) is 18.5 Å². The van der Waals surface area contributed by atoms with Crippen LogP contribution in [0.3, 0.4) is 0 Å². The van der Waals surface area contributed by atoms with Crippen molar-refractivity contribution >= 4 is 0 Å². The third-order valence-electron chi connectivity index (χ3n) is 2.85. The highest BCUT2D eigenvalue weighted by Crippen LogP contribution is 2.18. The number of β-amino-alcohol motifs (C(OH)–C–C–N with tert-alkyl or cyclic N) is 1. The fourth-order valence-electron chi connectivity index (χ4n) is 1.73. The standard InChI is InChI=1S/C16H27NO3/c1-16(2,3)17-11-14(18)12-20-15-8-6-5-7-13(15)9-10-19-4/h5-8,14,17-18H,9-12H2,1-4H3. The second-order valence-corrected chi connectivity index (χ2v) is 5.95. The van der Waals surface area contributed by atoms with E-state index in [-0.39, 0.29) is 12.1 Å². The second kappa shape index (κ2) is 8.25. The minimum absolute atomic E-state index is 0.00263. The van der Waals surface area contributed by atoms with Gasteiger partial charge in [-0.15, -0.1) is 0 Å². The fraction of sp³-hybridized carbons (Fsp3) is 0.625. The molecule has 0 saturated carbocycles. The van der Waals surface area contributed by atoms with Gasteiger partial charge in [-0.25, -0.2) is 0 Å². The Morgan fingerprint density at radius 1 is 1.25 bits per heavy atom. The molecule has 1 atom stereocenters. The quantitative estimate of drug-likeness (QED) is 0.765. The van der Waals surface area contributed by atoms with Crippen molar-refractivity contribution in [3.05, 3.63) is 29.8 Å². The fourth-order valence-corrected chi connectivity index (χ4v) is 1.73. The summed E-state index contributed by atoms with van der Waals surface area (Å²) >= 11 is 0. The Morgan fingerprint density at radius 3 is 2.60 bits per heavy atom. The Hall–Kier alpha value is -1.10. The van der Waals surface area contributed by atoms with Gasteiger partial charge in [-0.1, -0.05) is 18.2 Å². The average molecular weight is 281 g/mol. The van der Waals surface area contributed by atoms with Crippen LogP contribution in [-0.2, 0) is 11.2 Å². The van der Waals surface area contributed by atoms with E-state index in [0.717, 1.165) is 17.7 Å². The summed E-state index contributed by atoms with van der Waals surface area (Å²) in [6.07, 6.45) is 0.285. The van der Waals surface area contributed by atoms with Crippen LogP contribution < -0.4 is 10.1 Å². The average Bonchev–Trinajstić information content (AvgIpc) is 2.40. The molecule has 0 aliphatic carbocycles. The maximum absolute atomic E-state index is 9.93. The van der Waals surface area contributed by atoms with Crippen LogP contribution in [0.25, 0.3) is 0 Å². The molecule has 0 saturated heterocycles. The summed E-state index contributed by atoms with van der Waals surface area (Å²) in [5, 5.41) is 13.2. The monoisotopic (exact) mass is 281 g/mol. The second-order valence-electron chi connectivity index (χ2n) is 5.95. The van der Waals surface area contributed by atoms with E-state index < -0.39 is 6.10 Å². The number of methoxy groups -OCH3 is 1. The van der Waals surface area contributed by atoms with Crippen molar-refractivity contribution in [2.24, 2.45) is 0 Å². The smallest absolute Gasteiger partial charge is 0.122 e. The molecule has 1 unspecified atom stereocenters. The predicted octanol–water partition coefficient (Wildman–Crippen LogP) is 2.00. The summed E-state index contributed by atoms with van der Waals surface area (Å²) in [5.74, 6) is 0.819. The van der Waals surface area contributed by atoms with Gasteiger partial charge < -0.3 is 19.9 Å². The molecule has 1 aromatic rings. The van der Waals surface area contributed by atoms with Crippen molar-refractivity contribution in [1.82, 2.24) is 5.32 Å². The van der Waals surface area contributed by atoms with E-state index >= 15 is 0 Å². The number of para-hydroxylation sites is 1. The number of aliphatic hydroxyl groups is 1. The third kappa shape index (κ3) is 6.89. The topological polar surface area (TPSA) is 50.7 Å². The van der Waals surface area contributed by atoms with Crippen LogP contribution in [0.4, 0.5) is 0 Å². The minimum atomic E-state index is -0.523. The Bertz CT molecular complexity index is 388. The van der Waals surface area contributed by atoms with E-state index in [1.807, 2.05) is 24.3 Å². The number of hydrogen-bond acceptors (Lipinski definition) is 4. The first-order valence-electron chi connectivity index (χ1n) is 7.05. The molecular formula is C16H27NO3. The van der Waals surface area contributed by atoms with Crippen LogP contribution in [0.2, 0.25) is 0 Å². The van der Waals surface area contributed by atoms with Crippen molar-refractivity contribution in [2.75, 3.05) is 26.9 Å². The summed E-state index contributed by atoms with van der Waals surface area (Å²) in [6.45, 7) is 7.67. The van der Waals surface area contributed by atoms with E-state index in [1.165, 1.54) is 0 Å². The van der Waals surface area contributed by atoms with Crippen LogP contribution >= 0.6 is 0 Å². The number of nitrogens with one attached hydrogen (secondary N) is 1. The summed E-state index contributed by atoms with van der Waals surface area (Å²) < 4.78 is 10.8. The van der Waals surface area contributed by atoms with Crippen molar-refractivity contribution in [3.8, 4) is 5.75 Å². The molecule has 0 amide bonds. The van der Waals surface area contributed by atoms with Crippen LogP contribution in [0.15, 0.2) is 24.3 Å². The van der Waals surface area contributed by atoms with Gasteiger partial charge in [0.05, 0.1) is 6.61 Å². The van der Waals surface area contributed by atoms with Crippen molar-refractivity contribution in [2.45, 2.75) is 38.8 Å². The number of aliphatic hydroxyl groups excluding tert-OH is 1. The van der Waals surface area contributed by atoms with E-state index in [2.05, 4.69) is 26.1 Å². The summed E-state index contributed by atoms with van der Waals surface area (Å²) in [4.78, 5) is 0. The molecule has 4 nitrogen and oxygen atoms in total. The molecule has 1 aromatic carbocycles. The lowest BCUT2D eigenvalue weighted by atomic mass is 10.1. The molecule has 114 valence electrons. The van der Waals surface area contributed by atoms with Crippen molar-refractivity contribution < 1.29 is 14.6 Å². The molecule has 0 fully saturated rings. The molecule has 20 heavy (non-hydrogen) atoms. The highest BCUT2D eigenvalue weighted by molar-refractivity contribution is 5.33. The summed E-state index contributed by atoms with van der Waals surface area (Å²) in [6, 6.07) is 7.86. The Kier molecular flexibility index (Phi) is 6.99. The van der Waals surface area contributed by atoms with Gasteiger partial charge in [0.15, 0.2) is 0 Å². The largest absolute Gasteiger partial charge is 0.491 e. The van der Waals surface area contributed by atoms with Gasteiger partial charge >= 0.3 is 0 Å².